The maximum absolute atomic E-state index is 11.7. The quantitative estimate of drug-likeness (QED) is 0.837. The second kappa shape index (κ2) is 7.34. The van der Waals surface area contributed by atoms with Crippen molar-refractivity contribution >= 4 is 50.7 Å². The van der Waals surface area contributed by atoms with Crippen LogP contribution in [0.3, 0.4) is 0 Å². The average molecular weight is 354 g/mol. The number of carbonyl (C=O) groups is 1. The zero-order valence-electron chi connectivity index (χ0n) is 10.2. The summed E-state index contributed by atoms with van der Waals surface area (Å²) in [6, 6.07) is 3.67. The van der Waals surface area contributed by atoms with Gasteiger partial charge in [-0.25, -0.2) is 0 Å². The number of nitrogens with one attached hydrogen (secondary N) is 2. The maximum Gasteiger partial charge on any atom is 0.238 e. The Balaban J connectivity index is 2.65. The Morgan fingerprint density at radius 2 is 1.94 bits per heavy atom. The van der Waals surface area contributed by atoms with Crippen LogP contribution in [0.15, 0.2) is 16.6 Å². The predicted octanol–water partition coefficient (Wildman–Crippen LogP) is 4.08. The Hall–Kier alpha value is -0.290. The molecule has 18 heavy (non-hydrogen) atoms. The fraction of sp³-hybridized carbons (Fsp3) is 0.417. The van der Waals surface area contributed by atoms with Crippen LogP contribution in [0.25, 0.3) is 0 Å². The topological polar surface area (TPSA) is 41.1 Å². The molecule has 0 saturated heterocycles. The minimum absolute atomic E-state index is 0.165. The van der Waals surface area contributed by atoms with Crippen molar-refractivity contribution in [1.29, 1.82) is 0 Å². The first-order valence-electron chi connectivity index (χ1n) is 5.61. The van der Waals surface area contributed by atoms with Gasteiger partial charge in [0.25, 0.3) is 0 Å². The highest BCUT2D eigenvalue weighted by atomic mass is 79.9. The van der Waals surface area contributed by atoms with Gasteiger partial charge in [0, 0.05) is 10.5 Å². The molecule has 1 amide bonds. The molecule has 1 atom stereocenters. The van der Waals surface area contributed by atoms with Gasteiger partial charge in [-0.2, -0.15) is 0 Å². The highest BCUT2D eigenvalue weighted by molar-refractivity contribution is 9.10. The van der Waals surface area contributed by atoms with Gasteiger partial charge in [-0.3, -0.25) is 4.79 Å². The van der Waals surface area contributed by atoms with E-state index in [1.54, 1.807) is 12.1 Å². The van der Waals surface area contributed by atoms with Crippen molar-refractivity contribution in [1.82, 2.24) is 5.32 Å². The number of benzene rings is 1. The van der Waals surface area contributed by atoms with Gasteiger partial charge in [0.05, 0.1) is 22.3 Å². The number of amides is 1. The van der Waals surface area contributed by atoms with Crippen LogP contribution in [0.1, 0.15) is 20.3 Å². The molecule has 3 nitrogen and oxygen atoms in total. The molecule has 6 heteroatoms. The van der Waals surface area contributed by atoms with Gasteiger partial charge in [0.15, 0.2) is 0 Å². The summed E-state index contributed by atoms with van der Waals surface area (Å²) in [6.45, 7) is 4.31. The van der Waals surface area contributed by atoms with E-state index in [4.69, 9.17) is 23.2 Å². The van der Waals surface area contributed by atoms with Crippen LogP contribution < -0.4 is 10.6 Å². The molecular formula is C12H15BrCl2N2O. The third-order valence-corrected chi connectivity index (χ3v) is 3.55. The largest absolute Gasteiger partial charge is 0.322 e. The van der Waals surface area contributed by atoms with E-state index in [2.05, 4.69) is 33.5 Å². The fourth-order valence-electron chi connectivity index (χ4n) is 1.26. The number of hydrogen-bond acceptors (Lipinski definition) is 2. The molecule has 0 aliphatic rings. The van der Waals surface area contributed by atoms with Crippen LogP contribution in [0.4, 0.5) is 5.69 Å². The summed E-state index contributed by atoms with van der Waals surface area (Å²) in [4.78, 5) is 11.7. The summed E-state index contributed by atoms with van der Waals surface area (Å²) in [7, 11) is 0. The minimum Gasteiger partial charge on any atom is -0.322 e. The molecule has 0 radical (unpaired) electrons. The van der Waals surface area contributed by atoms with E-state index < -0.39 is 0 Å². The van der Waals surface area contributed by atoms with Crippen molar-refractivity contribution in [3.05, 3.63) is 26.7 Å². The van der Waals surface area contributed by atoms with Gasteiger partial charge in [-0.1, -0.05) is 46.1 Å². The van der Waals surface area contributed by atoms with Gasteiger partial charge in [0.2, 0.25) is 5.91 Å². The van der Waals surface area contributed by atoms with Crippen LogP contribution >= 0.6 is 39.1 Å². The van der Waals surface area contributed by atoms with Gasteiger partial charge < -0.3 is 10.6 Å². The third-order valence-electron chi connectivity index (χ3n) is 2.49. The summed E-state index contributed by atoms with van der Waals surface area (Å²) in [6.07, 6.45) is 0.965. The van der Waals surface area contributed by atoms with E-state index >= 15 is 0 Å². The monoisotopic (exact) mass is 352 g/mol. The fourth-order valence-corrected chi connectivity index (χ4v) is 2.56. The van der Waals surface area contributed by atoms with E-state index in [1.165, 1.54) is 0 Å². The second-order valence-corrected chi connectivity index (χ2v) is 5.71. The highest BCUT2D eigenvalue weighted by Gasteiger charge is 2.11. The molecule has 0 spiro atoms. The number of anilines is 1. The Morgan fingerprint density at radius 1 is 1.39 bits per heavy atom. The molecule has 0 saturated carbocycles. The molecule has 0 aliphatic heterocycles. The van der Waals surface area contributed by atoms with E-state index in [1.807, 2.05) is 6.92 Å². The summed E-state index contributed by atoms with van der Waals surface area (Å²) in [5.41, 5.74) is 0.442. The first kappa shape index (κ1) is 15.8. The van der Waals surface area contributed by atoms with Crippen LogP contribution in [-0.4, -0.2) is 18.5 Å². The van der Waals surface area contributed by atoms with Crippen molar-refractivity contribution in [2.75, 3.05) is 11.9 Å². The normalized spacial score (nSPS) is 12.3. The molecule has 0 aliphatic carbocycles. The lowest BCUT2D eigenvalue weighted by Crippen LogP contribution is -2.34. The van der Waals surface area contributed by atoms with E-state index in [0.29, 0.717) is 21.8 Å². The van der Waals surface area contributed by atoms with Crippen LogP contribution in [0.2, 0.25) is 10.0 Å². The smallest absolute Gasteiger partial charge is 0.238 e. The van der Waals surface area contributed by atoms with Gasteiger partial charge >= 0.3 is 0 Å². The molecule has 0 heterocycles. The summed E-state index contributed by atoms with van der Waals surface area (Å²) < 4.78 is 0.772. The first-order valence-corrected chi connectivity index (χ1v) is 7.16. The molecule has 1 aromatic rings. The molecule has 1 rings (SSSR count). The second-order valence-electron chi connectivity index (χ2n) is 3.98. The van der Waals surface area contributed by atoms with Gasteiger partial charge in [0.1, 0.15) is 0 Å². The summed E-state index contributed by atoms with van der Waals surface area (Å²) in [5, 5.41) is 6.61. The standard InChI is InChI=1S/C12H15BrCl2N2O/c1-3-7(2)16-6-11(18)17-12-9(14)4-8(13)5-10(12)15/h4-5,7,16H,3,6H2,1-2H3,(H,17,18). The zero-order valence-corrected chi connectivity index (χ0v) is 13.3. The molecule has 0 fully saturated rings. The maximum atomic E-state index is 11.7. The predicted molar refractivity (Wildman–Crippen MR) is 80.5 cm³/mol. The van der Waals surface area contributed by atoms with Crippen molar-refractivity contribution in [2.24, 2.45) is 0 Å². The Morgan fingerprint density at radius 3 is 2.44 bits per heavy atom. The zero-order chi connectivity index (χ0) is 13.7. The summed E-state index contributed by atoms with van der Waals surface area (Å²) in [5.74, 6) is -0.165. The number of carbonyl (C=O) groups excluding carboxylic acids is 1. The van der Waals surface area contributed by atoms with Crippen molar-refractivity contribution in [3.63, 3.8) is 0 Å². The van der Waals surface area contributed by atoms with Gasteiger partial charge in [-0.05, 0) is 25.5 Å². The van der Waals surface area contributed by atoms with Crippen molar-refractivity contribution in [3.8, 4) is 0 Å². The lowest BCUT2D eigenvalue weighted by Gasteiger charge is -2.13. The third kappa shape index (κ3) is 4.76. The molecule has 0 bridgehead atoms. The Kier molecular flexibility index (Phi) is 6.43. The molecular weight excluding hydrogens is 339 g/mol. The number of rotatable bonds is 5. The summed E-state index contributed by atoms with van der Waals surface area (Å²) >= 11 is 15.3. The Labute approximate surface area is 125 Å². The molecule has 1 aromatic carbocycles. The average Bonchev–Trinajstić information content (AvgIpc) is 2.30. The van der Waals surface area contributed by atoms with E-state index in [9.17, 15) is 4.79 Å². The van der Waals surface area contributed by atoms with E-state index in [0.717, 1.165) is 10.9 Å². The Bertz CT molecular complexity index is 417. The first-order chi connectivity index (χ1) is 8.43. The van der Waals surface area contributed by atoms with Crippen molar-refractivity contribution < 1.29 is 4.79 Å². The number of hydrogen-bond donors (Lipinski definition) is 2. The number of halogens is 3. The molecule has 100 valence electrons. The van der Waals surface area contributed by atoms with E-state index in [-0.39, 0.29) is 12.5 Å². The van der Waals surface area contributed by atoms with Crippen LogP contribution in [0.5, 0.6) is 0 Å². The van der Waals surface area contributed by atoms with Crippen LogP contribution in [0, 0.1) is 0 Å². The molecule has 2 N–H and O–H groups in total. The molecule has 1 unspecified atom stereocenters. The van der Waals surface area contributed by atoms with Gasteiger partial charge in [-0.15, -0.1) is 0 Å². The minimum atomic E-state index is -0.165. The lowest BCUT2D eigenvalue weighted by atomic mass is 10.2. The lowest BCUT2D eigenvalue weighted by molar-refractivity contribution is -0.115. The van der Waals surface area contributed by atoms with Crippen LogP contribution in [-0.2, 0) is 4.79 Å². The van der Waals surface area contributed by atoms with Crippen molar-refractivity contribution in [2.45, 2.75) is 26.3 Å². The SMILES string of the molecule is CCC(C)NCC(=O)Nc1c(Cl)cc(Br)cc1Cl. The molecule has 0 aromatic heterocycles. The highest BCUT2D eigenvalue weighted by Crippen LogP contribution is 2.33.